The molecule has 0 saturated heterocycles. The van der Waals surface area contributed by atoms with Crippen LogP contribution in [0.15, 0.2) is 11.6 Å². The number of carbonyl (C=O) groups excluding carboxylic acids is 2. The number of ketones is 1. The summed E-state index contributed by atoms with van der Waals surface area (Å²) in [5.74, 6) is 3.26. The highest BCUT2D eigenvalue weighted by atomic mass is 16.5. The van der Waals surface area contributed by atoms with Crippen LogP contribution in [0.5, 0.6) is 0 Å². The molecule has 3 unspecified atom stereocenters. The number of esters is 1. The number of hydrogen-bond donors (Lipinski definition) is 0. The maximum Gasteiger partial charge on any atom is 0.306 e. The third kappa shape index (κ3) is 4.60. The second-order valence-corrected chi connectivity index (χ2v) is 12.4. The zero-order chi connectivity index (χ0) is 22.9. The average Bonchev–Trinajstić information content (AvgIpc) is 3.07. The van der Waals surface area contributed by atoms with E-state index in [1.54, 1.807) is 0 Å². The number of allylic oxidation sites excluding steroid dienone is 1. The van der Waals surface area contributed by atoms with Crippen molar-refractivity contribution in [2.75, 3.05) is 0 Å². The van der Waals surface area contributed by atoms with Crippen LogP contribution in [0.2, 0.25) is 0 Å². The van der Waals surface area contributed by atoms with Gasteiger partial charge < -0.3 is 4.74 Å². The molecule has 0 bridgehead atoms. The normalized spacial score (nSPS) is 38.7. The molecule has 3 fully saturated rings. The highest BCUT2D eigenvalue weighted by Crippen LogP contribution is 2.65. The van der Waals surface area contributed by atoms with Crippen molar-refractivity contribution in [1.29, 1.82) is 0 Å². The van der Waals surface area contributed by atoms with Gasteiger partial charge in [-0.2, -0.15) is 0 Å². The summed E-state index contributed by atoms with van der Waals surface area (Å²) < 4.78 is 6.16. The number of fused-ring (bicyclic) bond motifs is 5. The monoisotopic (exact) mass is 442 g/mol. The molecule has 0 heterocycles. The van der Waals surface area contributed by atoms with Gasteiger partial charge in [0, 0.05) is 18.3 Å². The standard InChI is InChI=1S/C29H46O3/c1-20(2)9-7-5-6-8-10-27(31)32-26-14-13-24-23-12-11-21-19-22(30)15-17-28(21,3)25(23)16-18-29(24,26)4/h19-20,23-26H,5-18H2,1-4H3/t23?,24?,25?,26-,28-,29-/m0/s1. The summed E-state index contributed by atoms with van der Waals surface area (Å²) in [6, 6.07) is 0. The highest BCUT2D eigenvalue weighted by Gasteiger charge is 2.59. The van der Waals surface area contributed by atoms with Crippen LogP contribution in [0.1, 0.15) is 118 Å². The fourth-order valence-corrected chi connectivity index (χ4v) is 8.10. The maximum absolute atomic E-state index is 12.6. The molecule has 3 saturated carbocycles. The van der Waals surface area contributed by atoms with Crippen LogP contribution in [0.25, 0.3) is 0 Å². The second-order valence-electron chi connectivity index (χ2n) is 12.4. The van der Waals surface area contributed by atoms with Crippen LogP contribution in [0.3, 0.4) is 0 Å². The van der Waals surface area contributed by atoms with Gasteiger partial charge in [0.15, 0.2) is 5.78 Å². The first-order valence-corrected chi connectivity index (χ1v) is 13.7. The third-order valence-corrected chi connectivity index (χ3v) is 10.1. The molecule has 0 aliphatic heterocycles. The van der Waals surface area contributed by atoms with E-state index in [4.69, 9.17) is 4.74 Å². The Balaban J connectivity index is 1.32. The molecule has 4 aliphatic carbocycles. The zero-order valence-electron chi connectivity index (χ0n) is 21.1. The van der Waals surface area contributed by atoms with Crippen molar-refractivity contribution in [3.63, 3.8) is 0 Å². The molecule has 0 aromatic carbocycles. The molecule has 4 rings (SSSR count). The van der Waals surface area contributed by atoms with Crippen LogP contribution in [-0.4, -0.2) is 17.9 Å². The minimum absolute atomic E-state index is 0.0366. The van der Waals surface area contributed by atoms with Crippen molar-refractivity contribution in [1.82, 2.24) is 0 Å². The first kappa shape index (κ1) is 24.0. The lowest BCUT2D eigenvalue weighted by atomic mass is 9.47. The van der Waals surface area contributed by atoms with E-state index in [2.05, 4.69) is 27.7 Å². The van der Waals surface area contributed by atoms with Gasteiger partial charge in [0.2, 0.25) is 0 Å². The number of rotatable bonds is 8. The van der Waals surface area contributed by atoms with E-state index in [0.29, 0.717) is 24.0 Å². The molecule has 0 aromatic rings. The van der Waals surface area contributed by atoms with Crippen molar-refractivity contribution < 1.29 is 14.3 Å². The lowest BCUT2D eigenvalue weighted by Crippen LogP contribution is -2.51. The van der Waals surface area contributed by atoms with Gasteiger partial charge in [0.25, 0.3) is 0 Å². The largest absolute Gasteiger partial charge is 0.462 e. The number of unbranched alkanes of at least 4 members (excludes halogenated alkanes) is 3. The van der Waals surface area contributed by atoms with Crippen LogP contribution >= 0.6 is 0 Å². The van der Waals surface area contributed by atoms with Gasteiger partial charge in [0.1, 0.15) is 6.10 Å². The zero-order valence-corrected chi connectivity index (χ0v) is 21.1. The molecule has 0 spiro atoms. The van der Waals surface area contributed by atoms with Crippen molar-refractivity contribution in [2.45, 2.75) is 124 Å². The summed E-state index contributed by atoms with van der Waals surface area (Å²) in [7, 11) is 0. The Morgan fingerprint density at radius 1 is 1.00 bits per heavy atom. The van der Waals surface area contributed by atoms with E-state index in [1.165, 1.54) is 50.5 Å². The summed E-state index contributed by atoms with van der Waals surface area (Å²) in [4.78, 5) is 24.7. The second kappa shape index (κ2) is 9.63. The Kier molecular flexibility index (Phi) is 7.23. The molecule has 0 N–H and O–H groups in total. The molecular weight excluding hydrogens is 396 g/mol. The predicted molar refractivity (Wildman–Crippen MR) is 129 cm³/mol. The van der Waals surface area contributed by atoms with Crippen molar-refractivity contribution in [3.8, 4) is 0 Å². The first-order chi connectivity index (χ1) is 15.2. The minimum Gasteiger partial charge on any atom is -0.462 e. The Morgan fingerprint density at radius 2 is 1.78 bits per heavy atom. The van der Waals surface area contributed by atoms with Gasteiger partial charge in [-0.1, -0.05) is 59.0 Å². The van der Waals surface area contributed by atoms with Gasteiger partial charge in [-0.15, -0.1) is 0 Å². The molecule has 180 valence electrons. The first-order valence-electron chi connectivity index (χ1n) is 13.7. The molecule has 3 heteroatoms. The fraction of sp³-hybridized carbons (Fsp3) is 0.862. The lowest BCUT2D eigenvalue weighted by Gasteiger charge is -2.57. The van der Waals surface area contributed by atoms with Crippen molar-refractivity contribution in [3.05, 3.63) is 11.6 Å². The third-order valence-electron chi connectivity index (χ3n) is 10.1. The Bertz CT molecular complexity index is 737. The molecule has 4 aliphatic rings. The van der Waals surface area contributed by atoms with E-state index in [1.807, 2.05) is 6.08 Å². The lowest BCUT2D eigenvalue weighted by molar-refractivity contribution is -0.160. The van der Waals surface area contributed by atoms with E-state index in [-0.39, 0.29) is 22.9 Å². The molecule has 32 heavy (non-hydrogen) atoms. The summed E-state index contributed by atoms with van der Waals surface area (Å²) in [5, 5.41) is 0. The van der Waals surface area contributed by atoms with Crippen molar-refractivity contribution in [2.24, 2.45) is 34.5 Å². The number of ether oxygens (including phenoxy) is 1. The molecule has 6 atom stereocenters. The Morgan fingerprint density at radius 3 is 2.56 bits per heavy atom. The van der Waals surface area contributed by atoms with E-state index in [0.717, 1.165) is 50.4 Å². The van der Waals surface area contributed by atoms with Crippen LogP contribution < -0.4 is 0 Å². The highest BCUT2D eigenvalue weighted by molar-refractivity contribution is 5.91. The van der Waals surface area contributed by atoms with Gasteiger partial charge in [-0.05, 0) is 86.5 Å². The van der Waals surface area contributed by atoms with E-state index >= 15 is 0 Å². The summed E-state index contributed by atoms with van der Waals surface area (Å²) in [6.45, 7) is 9.42. The van der Waals surface area contributed by atoms with Gasteiger partial charge in [0.05, 0.1) is 0 Å². The quantitative estimate of drug-likeness (QED) is 0.290. The smallest absolute Gasteiger partial charge is 0.306 e. The number of hydrogen-bond acceptors (Lipinski definition) is 3. The Labute approximate surface area is 196 Å². The maximum atomic E-state index is 12.6. The summed E-state index contributed by atoms with van der Waals surface area (Å²) in [5.41, 5.74) is 1.81. The van der Waals surface area contributed by atoms with Crippen molar-refractivity contribution >= 4 is 11.8 Å². The summed E-state index contributed by atoms with van der Waals surface area (Å²) >= 11 is 0. The molecule has 0 aromatic heterocycles. The predicted octanol–water partition coefficient (Wildman–Crippen LogP) is 7.43. The minimum atomic E-state index is 0.0366. The molecular formula is C29H46O3. The van der Waals surface area contributed by atoms with Gasteiger partial charge in [-0.25, -0.2) is 0 Å². The molecule has 0 amide bonds. The number of carbonyl (C=O) groups is 2. The van der Waals surface area contributed by atoms with Gasteiger partial charge in [-0.3, -0.25) is 9.59 Å². The Hall–Kier alpha value is -1.12. The average molecular weight is 443 g/mol. The van der Waals surface area contributed by atoms with E-state index < -0.39 is 0 Å². The fourth-order valence-electron chi connectivity index (χ4n) is 8.10. The van der Waals surface area contributed by atoms with Gasteiger partial charge >= 0.3 is 5.97 Å². The van der Waals surface area contributed by atoms with Crippen LogP contribution in [0.4, 0.5) is 0 Å². The topological polar surface area (TPSA) is 43.4 Å². The van der Waals surface area contributed by atoms with E-state index in [9.17, 15) is 9.59 Å². The molecule has 0 radical (unpaired) electrons. The molecule has 3 nitrogen and oxygen atoms in total. The van der Waals surface area contributed by atoms with Crippen LogP contribution in [0, 0.1) is 34.5 Å². The summed E-state index contributed by atoms with van der Waals surface area (Å²) in [6.07, 6.45) is 17.3. The van der Waals surface area contributed by atoms with Crippen LogP contribution in [-0.2, 0) is 14.3 Å². The SMILES string of the molecule is CC(C)CCCCCCC(=O)O[C@H]1CCC2C3CCC4=CC(=O)CC[C@]4(C)C3CC[C@@]21C.